The summed E-state index contributed by atoms with van der Waals surface area (Å²) in [5.74, 6) is 1.11. The van der Waals surface area contributed by atoms with Crippen LogP contribution in [0.25, 0.3) is 0 Å². The summed E-state index contributed by atoms with van der Waals surface area (Å²) in [6, 6.07) is 0. The average Bonchev–Trinajstić information content (AvgIpc) is 2.63. The largest absolute Gasteiger partial charge is 0.396 e. The maximum Gasteiger partial charge on any atom is 0.174 e. The van der Waals surface area contributed by atoms with Crippen LogP contribution in [0.2, 0.25) is 0 Å². The molecule has 0 saturated carbocycles. The highest BCUT2D eigenvalue weighted by atomic mass is 32.2. The average molecular weight is 218 g/mol. The monoisotopic (exact) mass is 218 g/mol. The fraction of sp³-hybridized carbons (Fsp3) is 0.750. The quantitative estimate of drug-likeness (QED) is 0.563. The van der Waals surface area contributed by atoms with Crippen LogP contribution in [0, 0.1) is 0 Å². The van der Waals surface area contributed by atoms with Crippen molar-refractivity contribution in [3.63, 3.8) is 0 Å². The normalized spacial score (nSPS) is 10.5. The molecule has 3 nitrogen and oxygen atoms in total. The van der Waals surface area contributed by atoms with Crippen molar-refractivity contribution < 1.29 is 5.11 Å². The second-order valence-electron chi connectivity index (χ2n) is 2.69. The number of hydrogen-bond acceptors (Lipinski definition) is 5. The number of aliphatic hydroxyl groups excluding tert-OH is 1. The highest BCUT2D eigenvalue weighted by Gasteiger charge is 1.96. The molecule has 5 heteroatoms. The minimum absolute atomic E-state index is 0.323. The maximum atomic E-state index is 8.55. The number of aromatic nitrogens is 2. The molecule has 0 aliphatic rings. The number of rotatable bonds is 7. The molecule has 0 saturated heterocycles. The highest BCUT2D eigenvalue weighted by Crippen LogP contribution is 2.20. The second-order valence-corrected chi connectivity index (χ2v) is 4.87. The topological polar surface area (TPSA) is 46.0 Å². The van der Waals surface area contributed by atoms with Crippen LogP contribution >= 0.6 is 23.1 Å². The maximum absolute atomic E-state index is 8.55. The van der Waals surface area contributed by atoms with E-state index in [-0.39, 0.29) is 0 Å². The third kappa shape index (κ3) is 5.23. The summed E-state index contributed by atoms with van der Waals surface area (Å²) in [5, 5.41) is 16.3. The zero-order chi connectivity index (χ0) is 9.36. The molecule has 0 amide bonds. The van der Waals surface area contributed by atoms with Crippen molar-refractivity contribution in [3.05, 3.63) is 5.51 Å². The highest BCUT2D eigenvalue weighted by molar-refractivity contribution is 8.00. The minimum atomic E-state index is 0.323. The molecule has 1 aromatic rings. The van der Waals surface area contributed by atoms with Gasteiger partial charge < -0.3 is 5.11 Å². The Hall–Kier alpha value is -0.130. The van der Waals surface area contributed by atoms with E-state index in [9.17, 15) is 0 Å². The Kier molecular flexibility index (Phi) is 6.14. The van der Waals surface area contributed by atoms with Crippen molar-refractivity contribution in [2.24, 2.45) is 0 Å². The van der Waals surface area contributed by atoms with Gasteiger partial charge in [0.25, 0.3) is 0 Å². The first-order chi connectivity index (χ1) is 6.43. The first-order valence-electron chi connectivity index (χ1n) is 4.43. The van der Waals surface area contributed by atoms with Crippen molar-refractivity contribution in [3.8, 4) is 0 Å². The Bertz CT molecular complexity index is 204. The van der Waals surface area contributed by atoms with E-state index in [1.807, 2.05) is 0 Å². The van der Waals surface area contributed by atoms with E-state index in [2.05, 4.69) is 10.2 Å². The van der Waals surface area contributed by atoms with Crippen LogP contribution in [0.1, 0.15) is 25.7 Å². The lowest BCUT2D eigenvalue weighted by molar-refractivity contribution is 0.283. The van der Waals surface area contributed by atoms with Crippen LogP contribution in [-0.2, 0) is 0 Å². The predicted molar refractivity (Wildman–Crippen MR) is 56.2 cm³/mol. The van der Waals surface area contributed by atoms with E-state index in [0.29, 0.717) is 6.61 Å². The Morgan fingerprint density at radius 1 is 1.31 bits per heavy atom. The summed E-state index contributed by atoms with van der Waals surface area (Å²) in [6.45, 7) is 0.323. The van der Waals surface area contributed by atoms with Gasteiger partial charge in [0, 0.05) is 12.4 Å². The minimum Gasteiger partial charge on any atom is -0.396 e. The smallest absolute Gasteiger partial charge is 0.174 e. The van der Waals surface area contributed by atoms with E-state index in [1.165, 1.54) is 12.8 Å². The number of hydrogen-bond donors (Lipinski definition) is 1. The zero-order valence-electron chi connectivity index (χ0n) is 7.48. The van der Waals surface area contributed by atoms with Gasteiger partial charge >= 0.3 is 0 Å². The SMILES string of the molecule is OCCCCCCSc1nncs1. The molecule has 0 aromatic carbocycles. The van der Waals surface area contributed by atoms with Gasteiger partial charge in [0.1, 0.15) is 5.51 Å². The van der Waals surface area contributed by atoms with E-state index in [1.54, 1.807) is 28.6 Å². The molecule has 1 rings (SSSR count). The first-order valence-corrected chi connectivity index (χ1v) is 6.30. The van der Waals surface area contributed by atoms with Gasteiger partial charge in [0.05, 0.1) is 0 Å². The van der Waals surface area contributed by atoms with Crippen molar-refractivity contribution in [2.45, 2.75) is 30.0 Å². The number of nitrogens with zero attached hydrogens (tertiary/aromatic N) is 2. The van der Waals surface area contributed by atoms with Crippen LogP contribution < -0.4 is 0 Å². The molecule has 0 unspecified atom stereocenters. The molecule has 0 spiro atoms. The van der Waals surface area contributed by atoms with Crippen LogP contribution in [0.4, 0.5) is 0 Å². The molecular formula is C8H14N2OS2. The van der Waals surface area contributed by atoms with Crippen LogP contribution in [0.5, 0.6) is 0 Å². The van der Waals surface area contributed by atoms with Gasteiger partial charge in [0.15, 0.2) is 4.34 Å². The fourth-order valence-corrected chi connectivity index (χ4v) is 2.51. The number of thioether (sulfide) groups is 1. The molecule has 74 valence electrons. The first kappa shape index (κ1) is 10.9. The molecule has 0 fully saturated rings. The van der Waals surface area contributed by atoms with Crippen LogP contribution in [0.3, 0.4) is 0 Å². The van der Waals surface area contributed by atoms with Crippen molar-refractivity contribution >= 4 is 23.1 Å². The molecule has 0 aliphatic heterocycles. The molecule has 0 aliphatic carbocycles. The van der Waals surface area contributed by atoms with Gasteiger partial charge in [-0.1, -0.05) is 35.9 Å². The molecule has 0 radical (unpaired) electrons. The molecule has 1 aromatic heterocycles. The Morgan fingerprint density at radius 3 is 2.85 bits per heavy atom. The van der Waals surface area contributed by atoms with Crippen molar-refractivity contribution in [1.29, 1.82) is 0 Å². The van der Waals surface area contributed by atoms with Gasteiger partial charge in [-0.3, -0.25) is 0 Å². The van der Waals surface area contributed by atoms with Crippen LogP contribution in [-0.4, -0.2) is 27.7 Å². The van der Waals surface area contributed by atoms with Crippen molar-refractivity contribution in [1.82, 2.24) is 10.2 Å². The van der Waals surface area contributed by atoms with Crippen LogP contribution in [0.15, 0.2) is 9.85 Å². The lowest BCUT2D eigenvalue weighted by Gasteiger charge is -1.97. The summed E-state index contributed by atoms with van der Waals surface area (Å²) in [5.41, 5.74) is 1.76. The lowest BCUT2D eigenvalue weighted by Crippen LogP contribution is -1.85. The number of aliphatic hydroxyl groups is 1. The molecule has 1 heterocycles. The molecule has 0 atom stereocenters. The fourth-order valence-electron chi connectivity index (χ4n) is 0.953. The zero-order valence-corrected chi connectivity index (χ0v) is 9.11. The molecule has 0 bridgehead atoms. The second kappa shape index (κ2) is 7.29. The Balaban J connectivity index is 1.90. The third-order valence-corrected chi connectivity index (χ3v) is 3.56. The summed E-state index contributed by atoms with van der Waals surface area (Å²) >= 11 is 3.36. The predicted octanol–water partition coefficient (Wildman–Crippen LogP) is 2.18. The molecule has 1 N–H and O–H groups in total. The summed E-state index contributed by atoms with van der Waals surface area (Å²) in [6.07, 6.45) is 4.47. The van der Waals surface area contributed by atoms with Crippen molar-refractivity contribution in [2.75, 3.05) is 12.4 Å². The van der Waals surface area contributed by atoms with Gasteiger partial charge in [-0.05, 0) is 12.8 Å². The lowest BCUT2D eigenvalue weighted by atomic mass is 10.2. The molecular weight excluding hydrogens is 204 g/mol. The summed E-state index contributed by atoms with van der Waals surface area (Å²) < 4.78 is 1.06. The van der Waals surface area contributed by atoms with Gasteiger partial charge in [-0.2, -0.15) is 0 Å². The standard InChI is InChI=1S/C8H14N2OS2/c11-5-3-1-2-4-6-12-8-10-9-7-13-8/h7,11H,1-6H2. The third-order valence-electron chi connectivity index (χ3n) is 1.62. The van der Waals surface area contributed by atoms with E-state index in [4.69, 9.17) is 5.11 Å². The summed E-state index contributed by atoms with van der Waals surface area (Å²) in [4.78, 5) is 0. The number of unbranched alkanes of at least 4 members (excludes halogenated alkanes) is 3. The van der Waals surface area contributed by atoms with E-state index < -0.39 is 0 Å². The van der Waals surface area contributed by atoms with Gasteiger partial charge in [-0.25, -0.2) is 0 Å². The Morgan fingerprint density at radius 2 is 2.15 bits per heavy atom. The van der Waals surface area contributed by atoms with E-state index in [0.717, 1.165) is 22.9 Å². The Labute approximate surface area is 86.6 Å². The van der Waals surface area contributed by atoms with E-state index >= 15 is 0 Å². The van der Waals surface area contributed by atoms with Gasteiger partial charge in [-0.15, -0.1) is 10.2 Å². The van der Waals surface area contributed by atoms with Gasteiger partial charge in [0.2, 0.25) is 0 Å². The summed E-state index contributed by atoms with van der Waals surface area (Å²) in [7, 11) is 0. The molecule has 13 heavy (non-hydrogen) atoms.